The normalized spacial score (nSPS) is 12.3. The fourth-order valence-corrected chi connectivity index (χ4v) is 2.94. The second kappa shape index (κ2) is 9.06. The Hall–Kier alpha value is -1.36. The second-order valence-electron chi connectivity index (χ2n) is 6.05. The van der Waals surface area contributed by atoms with Crippen LogP contribution in [-0.2, 0) is 11.2 Å². The van der Waals surface area contributed by atoms with Crippen LogP contribution in [0, 0.1) is 5.92 Å². The molecule has 0 bridgehead atoms. The topological polar surface area (TPSA) is 63.6 Å². The molecule has 0 fully saturated rings. The molecular weight excluding hydrogens is 360 g/mol. The van der Waals surface area contributed by atoms with Crippen molar-refractivity contribution in [2.75, 3.05) is 0 Å². The molecule has 23 heavy (non-hydrogen) atoms. The summed E-state index contributed by atoms with van der Waals surface area (Å²) in [5.41, 5.74) is 0.948. The number of carboxylic acids is 1. The van der Waals surface area contributed by atoms with Crippen LogP contribution in [0.1, 0.15) is 73.2 Å². The first-order chi connectivity index (χ1) is 10.8. The molecule has 0 aliphatic carbocycles. The van der Waals surface area contributed by atoms with E-state index in [0.29, 0.717) is 12.3 Å². The van der Waals surface area contributed by atoms with Gasteiger partial charge in [0.2, 0.25) is 0 Å². The van der Waals surface area contributed by atoms with Crippen LogP contribution >= 0.6 is 15.9 Å². The van der Waals surface area contributed by atoms with Gasteiger partial charge >= 0.3 is 11.9 Å². The first kappa shape index (κ1) is 19.7. The van der Waals surface area contributed by atoms with Gasteiger partial charge < -0.3 is 9.84 Å². The summed E-state index contributed by atoms with van der Waals surface area (Å²) in [4.78, 5) is 23.9. The summed E-state index contributed by atoms with van der Waals surface area (Å²) in [7, 11) is 0. The number of ether oxygens (including phenoxy) is 1. The van der Waals surface area contributed by atoms with E-state index in [1.165, 1.54) is 6.07 Å². The number of hydrogen-bond donors (Lipinski definition) is 1. The average molecular weight is 385 g/mol. The third kappa shape index (κ3) is 5.65. The van der Waals surface area contributed by atoms with E-state index in [9.17, 15) is 14.7 Å². The fourth-order valence-electron chi connectivity index (χ4n) is 2.32. The van der Waals surface area contributed by atoms with Crippen LogP contribution in [0.15, 0.2) is 16.6 Å². The summed E-state index contributed by atoms with van der Waals surface area (Å²) in [6.07, 6.45) is 2.97. The van der Waals surface area contributed by atoms with Gasteiger partial charge in [0.15, 0.2) is 0 Å². The highest BCUT2D eigenvalue weighted by atomic mass is 79.9. The van der Waals surface area contributed by atoms with E-state index in [1.807, 2.05) is 13.8 Å². The van der Waals surface area contributed by atoms with Gasteiger partial charge in [-0.1, -0.05) is 43.6 Å². The van der Waals surface area contributed by atoms with Gasteiger partial charge in [0.05, 0.1) is 11.1 Å². The summed E-state index contributed by atoms with van der Waals surface area (Å²) >= 11 is 3.39. The van der Waals surface area contributed by atoms with Crippen LogP contribution in [0.4, 0.5) is 0 Å². The standard InChI is InChI=1S/C18H25BrO4/c1-5-12-9-14(17(20)21)15(10-16(12)19)18(22)23-13(6-2)8-7-11(3)4/h9-11,13H,5-8H2,1-4H3,(H,20,21). The second-order valence-corrected chi connectivity index (χ2v) is 6.91. The zero-order chi connectivity index (χ0) is 17.6. The number of aryl methyl sites for hydroxylation is 1. The highest BCUT2D eigenvalue weighted by Gasteiger charge is 2.22. The van der Waals surface area contributed by atoms with E-state index in [0.717, 1.165) is 29.3 Å². The van der Waals surface area contributed by atoms with Gasteiger partial charge in [-0.05, 0) is 49.3 Å². The highest BCUT2D eigenvalue weighted by molar-refractivity contribution is 9.10. The van der Waals surface area contributed by atoms with E-state index in [4.69, 9.17) is 4.74 Å². The Morgan fingerprint density at radius 3 is 2.30 bits per heavy atom. The Morgan fingerprint density at radius 1 is 1.17 bits per heavy atom. The van der Waals surface area contributed by atoms with Crippen molar-refractivity contribution in [1.82, 2.24) is 0 Å². The smallest absolute Gasteiger partial charge is 0.339 e. The molecule has 0 saturated carbocycles. The molecule has 5 heteroatoms. The number of carbonyl (C=O) groups is 2. The molecule has 0 aromatic heterocycles. The largest absolute Gasteiger partial charge is 0.478 e. The summed E-state index contributed by atoms with van der Waals surface area (Å²) in [5.74, 6) is -1.15. The Bertz CT molecular complexity index is 566. The molecular formula is C18H25BrO4. The Morgan fingerprint density at radius 2 is 1.83 bits per heavy atom. The van der Waals surface area contributed by atoms with Crippen molar-refractivity contribution >= 4 is 27.9 Å². The minimum absolute atomic E-state index is 0.00578. The molecule has 1 unspecified atom stereocenters. The zero-order valence-corrected chi connectivity index (χ0v) is 15.8. The van der Waals surface area contributed by atoms with Gasteiger partial charge in [0.1, 0.15) is 6.10 Å². The molecule has 0 aliphatic heterocycles. The maximum atomic E-state index is 12.4. The minimum Gasteiger partial charge on any atom is -0.478 e. The lowest BCUT2D eigenvalue weighted by Gasteiger charge is -2.18. The SMILES string of the molecule is CCc1cc(C(=O)O)c(C(=O)OC(CC)CCC(C)C)cc1Br. The molecule has 1 N–H and O–H groups in total. The Kier molecular flexibility index (Phi) is 7.76. The number of carboxylic acid groups (broad SMARTS) is 1. The van der Waals surface area contributed by atoms with E-state index in [-0.39, 0.29) is 17.2 Å². The highest BCUT2D eigenvalue weighted by Crippen LogP contribution is 2.25. The molecule has 1 aromatic rings. The maximum Gasteiger partial charge on any atom is 0.339 e. The summed E-state index contributed by atoms with van der Waals surface area (Å²) in [5, 5.41) is 9.37. The third-order valence-corrected chi connectivity index (χ3v) is 4.55. The van der Waals surface area contributed by atoms with Crippen LogP contribution in [0.2, 0.25) is 0 Å². The molecule has 4 nitrogen and oxygen atoms in total. The fraction of sp³-hybridized carbons (Fsp3) is 0.556. The monoisotopic (exact) mass is 384 g/mol. The molecule has 0 radical (unpaired) electrons. The number of carbonyl (C=O) groups excluding carboxylic acids is 1. The van der Waals surface area contributed by atoms with Gasteiger partial charge in [-0.15, -0.1) is 0 Å². The van der Waals surface area contributed by atoms with Gasteiger partial charge in [0.25, 0.3) is 0 Å². The van der Waals surface area contributed by atoms with Gasteiger partial charge in [-0.25, -0.2) is 9.59 Å². The van der Waals surface area contributed by atoms with Crippen LogP contribution in [0.3, 0.4) is 0 Å². The predicted octanol–water partition coefficient (Wildman–Crippen LogP) is 5.08. The molecule has 0 saturated heterocycles. The van der Waals surface area contributed by atoms with Crippen molar-refractivity contribution in [2.45, 2.75) is 59.5 Å². The van der Waals surface area contributed by atoms with Gasteiger partial charge in [0, 0.05) is 4.47 Å². The van der Waals surface area contributed by atoms with E-state index in [2.05, 4.69) is 29.8 Å². The molecule has 0 spiro atoms. The number of halogens is 1. The quantitative estimate of drug-likeness (QED) is 0.634. The van der Waals surface area contributed by atoms with Crippen LogP contribution in [0.5, 0.6) is 0 Å². The first-order valence-electron chi connectivity index (χ1n) is 8.06. The van der Waals surface area contributed by atoms with Gasteiger partial charge in [-0.2, -0.15) is 0 Å². The lowest BCUT2D eigenvalue weighted by molar-refractivity contribution is 0.0255. The zero-order valence-electron chi connectivity index (χ0n) is 14.2. The number of rotatable bonds is 8. The Balaban J connectivity index is 3.02. The lowest BCUT2D eigenvalue weighted by atomic mass is 10.0. The number of esters is 1. The van der Waals surface area contributed by atoms with Crippen molar-refractivity contribution in [1.29, 1.82) is 0 Å². The van der Waals surface area contributed by atoms with Crippen LogP contribution in [0.25, 0.3) is 0 Å². The summed E-state index contributed by atoms with van der Waals surface area (Å²) < 4.78 is 6.26. The molecule has 1 rings (SSSR count). The van der Waals surface area contributed by atoms with Crippen molar-refractivity contribution in [3.8, 4) is 0 Å². The molecule has 1 atom stereocenters. The van der Waals surface area contributed by atoms with E-state index >= 15 is 0 Å². The molecule has 0 heterocycles. The molecule has 128 valence electrons. The molecule has 0 amide bonds. The van der Waals surface area contributed by atoms with E-state index < -0.39 is 11.9 Å². The first-order valence-corrected chi connectivity index (χ1v) is 8.86. The summed E-state index contributed by atoms with van der Waals surface area (Å²) in [6, 6.07) is 3.10. The van der Waals surface area contributed by atoms with E-state index in [1.54, 1.807) is 6.07 Å². The number of hydrogen-bond acceptors (Lipinski definition) is 3. The van der Waals surface area contributed by atoms with Crippen molar-refractivity contribution in [3.63, 3.8) is 0 Å². The van der Waals surface area contributed by atoms with Crippen LogP contribution < -0.4 is 0 Å². The summed E-state index contributed by atoms with van der Waals surface area (Å²) in [6.45, 7) is 8.14. The van der Waals surface area contributed by atoms with Crippen molar-refractivity contribution < 1.29 is 19.4 Å². The number of benzene rings is 1. The minimum atomic E-state index is -1.12. The van der Waals surface area contributed by atoms with Crippen molar-refractivity contribution in [3.05, 3.63) is 33.3 Å². The van der Waals surface area contributed by atoms with Gasteiger partial charge in [-0.3, -0.25) is 0 Å². The maximum absolute atomic E-state index is 12.4. The molecule has 1 aromatic carbocycles. The lowest BCUT2D eigenvalue weighted by Crippen LogP contribution is -2.20. The predicted molar refractivity (Wildman–Crippen MR) is 94.0 cm³/mol. The van der Waals surface area contributed by atoms with Crippen LogP contribution in [-0.4, -0.2) is 23.1 Å². The third-order valence-electron chi connectivity index (χ3n) is 3.81. The van der Waals surface area contributed by atoms with Crippen molar-refractivity contribution in [2.24, 2.45) is 5.92 Å². The molecule has 0 aliphatic rings. The average Bonchev–Trinajstić information content (AvgIpc) is 2.50. The Labute approximate surface area is 146 Å². The number of aromatic carboxylic acids is 1.